The lowest BCUT2D eigenvalue weighted by atomic mass is 9.85. The van der Waals surface area contributed by atoms with Gasteiger partial charge >= 0.3 is 0 Å². The summed E-state index contributed by atoms with van der Waals surface area (Å²) in [6, 6.07) is 1.59. The summed E-state index contributed by atoms with van der Waals surface area (Å²) in [5, 5.41) is 3.97. The van der Waals surface area contributed by atoms with E-state index in [2.05, 4.69) is 31.0 Å². The molecule has 1 unspecified atom stereocenters. The summed E-state index contributed by atoms with van der Waals surface area (Å²) in [7, 11) is 0. The first-order chi connectivity index (χ1) is 9.09. The first-order valence-electron chi connectivity index (χ1n) is 8.57. The predicted octanol–water partition coefficient (Wildman–Crippen LogP) is 3.81. The average Bonchev–Trinajstić information content (AvgIpc) is 2.54. The van der Waals surface area contributed by atoms with Gasteiger partial charge < -0.3 is 10.2 Å². The third-order valence-corrected chi connectivity index (χ3v) is 5.17. The minimum atomic E-state index is 0.584. The predicted molar refractivity (Wildman–Crippen MR) is 83.5 cm³/mol. The molecule has 2 fully saturated rings. The molecule has 0 aromatic rings. The Morgan fingerprint density at radius 3 is 2.37 bits per heavy atom. The number of piperidine rings is 1. The van der Waals surface area contributed by atoms with Gasteiger partial charge in [0.25, 0.3) is 0 Å². The van der Waals surface area contributed by atoms with Crippen LogP contribution >= 0.6 is 0 Å². The van der Waals surface area contributed by atoms with Gasteiger partial charge in [-0.25, -0.2) is 0 Å². The van der Waals surface area contributed by atoms with Gasteiger partial charge in [0.15, 0.2) is 0 Å². The van der Waals surface area contributed by atoms with Crippen molar-refractivity contribution in [1.82, 2.24) is 10.2 Å². The van der Waals surface area contributed by atoms with Crippen LogP contribution in [0.4, 0.5) is 0 Å². The maximum atomic E-state index is 3.97. The van der Waals surface area contributed by atoms with E-state index >= 15 is 0 Å². The molecule has 2 heteroatoms. The fourth-order valence-electron chi connectivity index (χ4n) is 3.80. The second kappa shape index (κ2) is 7.08. The highest BCUT2D eigenvalue weighted by molar-refractivity contribution is 4.84. The van der Waals surface area contributed by atoms with Crippen LogP contribution in [0.2, 0.25) is 0 Å². The van der Waals surface area contributed by atoms with Crippen LogP contribution in [0.1, 0.15) is 72.1 Å². The molecule has 0 radical (unpaired) electrons. The lowest BCUT2D eigenvalue weighted by molar-refractivity contribution is 0.187. The summed E-state index contributed by atoms with van der Waals surface area (Å²) < 4.78 is 0. The SMILES string of the molecule is CCCN1CCC(NC2CCCC(C)(C)CC2)CC1. The number of likely N-dealkylation sites (tertiary alicyclic amines) is 1. The molecule has 0 aromatic carbocycles. The van der Waals surface area contributed by atoms with Gasteiger partial charge in [0.1, 0.15) is 0 Å². The Morgan fingerprint density at radius 2 is 1.68 bits per heavy atom. The standard InChI is InChI=1S/C17H34N2/c1-4-12-19-13-8-16(9-14-19)18-15-6-5-10-17(2,3)11-7-15/h15-16,18H,4-14H2,1-3H3. The van der Waals surface area contributed by atoms with Gasteiger partial charge in [-0.15, -0.1) is 0 Å². The fraction of sp³-hybridized carbons (Fsp3) is 1.00. The highest BCUT2D eigenvalue weighted by atomic mass is 15.1. The fourth-order valence-corrected chi connectivity index (χ4v) is 3.80. The molecule has 0 bridgehead atoms. The minimum Gasteiger partial charge on any atom is -0.311 e. The van der Waals surface area contributed by atoms with Gasteiger partial charge in [0, 0.05) is 12.1 Å². The van der Waals surface area contributed by atoms with Gasteiger partial charge in [0.2, 0.25) is 0 Å². The molecule has 1 saturated carbocycles. The summed E-state index contributed by atoms with van der Waals surface area (Å²) in [6.45, 7) is 11.1. The van der Waals surface area contributed by atoms with E-state index < -0.39 is 0 Å². The number of hydrogen-bond donors (Lipinski definition) is 1. The molecule has 19 heavy (non-hydrogen) atoms. The summed E-state index contributed by atoms with van der Waals surface area (Å²) >= 11 is 0. The zero-order valence-electron chi connectivity index (χ0n) is 13.4. The van der Waals surface area contributed by atoms with Crippen LogP contribution in [0.3, 0.4) is 0 Å². The van der Waals surface area contributed by atoms with Crippen molar-refractivity contribution in [1.29, 1.82) is 0 Å². The molecule has 1 atom stereocenters. The Kier molecular flexibility index (Phi) is 5.70. The molecule has 1 aliphatic heterocycles. The van der Waals surface area contributed by atoms with Crippen molar-refractivity contribution in [3.8, 4) is 0 Å². The van der Waals surface area contributed by atoms with E-state index in [9.17, 15) is 0 Å². The summed E-state index contributed by atoms with van der Waals surface area (Å²) in [5.74, 6) is 0. The maximum Gasteiger partial charge on any atom is 0.00940 e. The van der Waals surface area contributed by atoms with Crippen LogP contribution < -0.4 is 5.32 Å². The van der Waals surface area contributed by atoms with Gasteiger partial charge in [-0.2, -0.15) is 0 Å². The normalized spacial score (nSPS) is 30.2. The first-order valence-corrected chi connectivity index (χ1v) is 8.57. The lowest BCUT2D eigenvalue weighted by Gasteiger charge is -2.34. The third kappa shape index (κ3) is 5.07. The number of nitrogens with one attached hydrogen (secondary N) is 1. The quantitative estimate of drug-likeness (QED) is 0.778. The molecule has 1 aliphatic carbocycles. The van der Waals surface area contributed by atoms with Gasteiger partial charge in [-0.05, 0) is 70.0 Å². The molecule has 1 saturated heterocycles. The largest absolute Gasteiger partial charge is 0.311 e. The summed E-state index contributed by atoms with van der Waals surface area (Å²) in [6.07, 6.45) is 11.1. The Hall–Kier alpha value is -0.0800. The Bertz CT molecular complexity index is 254. The minimum absolute atomic E-state index is 0.584. The second-order valence-electron chi connectivity index (χ2n) is 7.57. The van der Waals surface area contributed by atoms with E-state index in [-0.39, 0.29) is 0 Å². The zero-order valence-corrected chi connectivity index (χ0v) is 13.4. The van der Waals surface area contributed by atoms with Crippen LogP contribution in [0.25, 0.3) is 0 Å². The molecule has 2 aliphatic rings. The molecule has 0 amide bonds. The van der Waals surface area contributed by atoms with Crippen LogP contribution in [-0.2, 0) is 0 Å². The van der Waals surface area contributed by atoms with Crippen LogP contribution in [0.15, 0.2) is 0 Å². The van der Waals surface area contributed by atoms with Crippen LogP contribution in [0, 0.1) is 5.41 Å². The van der Waals surface area contributed by atoms with Crippen LogP contribution in [0.5, 0.6) is 0 Å². The smallest absolute Gasteiger partial charge is 0.00940 e. The third-order valence-electron chi connectivity index (χ3n) is 5.17. The second-order valence-corrected chi connectivity index (χ2v) is 7.57. The van der Waals surface area contributed by atoms with E-state index in [0.29, 0.717) is 5.41 Å². The van der Waals surface area contributed by atoms with E-state index in [1.165, 1.54) is 71.0 Å². The van der Waals surface area contributed by atoms with Gasteiger partial charge in [-0.3, -0.25) is 0 Å². The van der Waals surface area contributed by atoms with Crippen molar-refractivity contribution >= 4 is 0 Å². The highest BCUT2D eigenvalue weighted by Gasteiger charge is 2.26. The Balaban J connectivity index is 1.70. The topological polar surface area (TPSA) is 15.3 Å². The van der Waals surface area contributed by atoms with Gasteiger partial charge in [0.05, 0.1) is 0 Å². The average molecular weight is 266 g/mol. The van der Waals surface area contributed by atoms with E-state index in [4.69, 9.17) is 0 Å². The molecule has 2 rings (SSSR count). The highest BCUT2D eigenvalue weighted by Crippen LogP contribution is 2.34. The zero-order chi connectivity index (χ0) is 13.7. The molecule has 0 aromatic heterocycles. The van der Waals surface area contributed by atoms with Crippen molar-refractivity contribution in [3.05, 3.63) is 0 Å². The van der Waals surface area contributed by atoms with Crippen molar-refractivity contribution in [3.63, 3.8) is 0 Å². The Morgan fingerprint density at radius 1 is 1.00 bits per heavy atom. The maximum absolute atomic E-state index is 3.97. The number of nitrogens with zero attached hydrogens (tertiary/aromatic N) is 1. The van der Waals surface area contributed by atoms with Crippen molar-refractivity contribution in [2.24, 2.45) is 5.41 Å². The molecule has 2 nitrogen and oxygen atoms in total. The van der Waals surface area contributed by atoms with E-state index in [1.807, 2.05) is 0 Å². The van der Waals surface area contributed by atoms with Crippen molar-refractivity contribution < 1.29 is 0 Å². The van der Waals surface area contributed by atoms with Gasteiger partial charge in [-0.1, -0.05) is 27.2 Å². The van der Waals surface area contributed by atoms with Crippen molar-refractivity contribution in [2.75, 3.05) is 19.6 Å². The summed E-state index contributed by atoms with van der Waals surface area (Å²) in [4.78, 5) is 2.63. The van der Waals surface area contributed by atoms with E-state index in [0.717, 1.165) is 12.1 Å². The number of rotatable bonds is 4. The molecule has 0 spiro atoms. The molecular formula is C17H34N2. The van der Waals surface area contributed by atoms with E-state index in [1.54, 1.807) is 0 Å². The monoisotopic (exact) mass is 266 g/mol. The summed E-state index contributed by atoms with van der Waals surface area (Å²) in [5.41, 5.74) is 0.584. The Labute approximate surface area is 120 Å². The number of hydrogen-bond acceptors (Lipinski definition) is 2. The molecule has 1 heterocycles. The molecular weight excluding hydrogens is 232 g/mol. The molecule has 1 N–H and O–H groups in total. The molecule has 112 valence electrons. The lowest BCUT2D eigenvalue weighted by Crippen LogP contribution is -2.46. The van der Waals surface area contributed by atoms with Crippen molar-refractivity contribution in [2.45, 2.75) is 84.2 Å². The van der Waals surface area contributed by atoms with Crippen LogP contribution in [-0.4, -0.2) is 36.6 Å². The first kappa shape index (κ1) is 15.3.